The van der Waals surface area contributed by atoms with Crippen LogP contribution in [-0.4, -0.2) is 83.7 Å². The normalized spacial score (nSPS) is 19.8. The molecule has 360 valence electrons. The number of benzene rings is 4. The lowest BCUT2D eigenvalue weighted by Gasteiger charge is -2.42. The molecule has 3 aromatic heterocycles. The van der Waals surface area contributed by atoms with Crippen molar-refractivity contribution in [1.82, 2.24) is 40.0 Å². The van der Waals surface area contributed by atoms with Crippen molar-refractivity contribution >= 4 is 52.0 Å². The van der Waals surface area contributed by atoms with Crippen LogP contribution in [0.25, 0.3) is 38.9 Å². The summed E-state index contributed by atoms with van der Waals surface area (Å²) in [5.41, 5.74) is 7.45. The molecule has 4 aliphatic rings. The largest absolute Gasteiger partial charge is 0.445 e. The van der Waals surface area contributed by atoms with Gasteiger partial charge in [-0.15, -0.1) is 0 Å². The van der Waals surface area contributed by atoms with Crippen LogP contribution in [-0.2, 0) is 49.2 Å². The highest BCUT2D eigenvalue weighted by Gasteiger charge is 2.52. The van der Waals surface area contributed by atoms with E-state index >= 15 is 0 Å². The van der Waals surface area contributed by atoms with Crippen molar-refractivity contribution in [2.75, 3.05) is 11.9 Å². The molecule has 3 fully saturated rings. The average Bonchev–Trinajstić information content (AvgIpc) is 4.16. The number of aromatic nitrogens is 4. The number of halogens is 2. The maximum atomic E-state index is 14.9. The van der Waals surface area contributed by atoms with E-state index in [1.807, 2.05) is 84.9 Å². The lowest BCUT2D eigenvalue weighted by Crippen LogP contribution is -2.50. The van der Waals surface area contributed by atoms with Gasteiger partial charge in [0.05, 0.1) is 23.3 Å². The Morgan fingerprint density at radius 2 is 1.56 bits per heavy atom. The topological polar surface area (TPSA) is 200 Å². The molecule has 7 aromatic rings. The van der Waals surface area contributed by atoms with Gasteiger partial charge in [0.25, 0.3) is 5.92 Å². The number of nitrogens with one attached hydrogen (secondary N) is 4. The fourth-order valence-electron chi connectivity index (χ4n) is 10.3. The Balaban J connectivity index is 0.701. The van der Waals surface area contributed by atoms with Crippen LogP contribution in [0.4, 0.5) is 19.3 Å². The van der Waals surface area contributed by atoms with Crippen molar-refractivity contribution in [3.05, 3.63) is 154 Å². The highest BCUT2D eigenvalue weighted by molar-refractivity contribution is 6.01. The summed E-state index contributed by atoms with van der Waals surface area (Å²) in [5.74, 6) is -6.53. The van der Waals surface area contributed by atoms with Crippen LogP contribution in [0, 0.1) is 5.92 Å². The van der Waals surface area contributed by atoms with Gasteiger partial charge < -0.3 is 30.5 Å². The van der Waals surface area contributed by atoms with E-state index < -0.39 is 66.2 Å². The molecule has 1 aliphatic carbocycles. The molecule has 18 heteroatoms. The van der Waals surface area contributed by atoms with Crippen molar-refractivity contribution in [2.24, 2.45) is 5.92 Å². The number of amides is 5. The summed E-state index contributed by atoms with van der Waals surface area (Å²) < 4.78 is 36.9. The number of pyridine rings is 2. The molecular formula is C53H47F2N9O7. The number of alkyl halides is 2. The molecule has 5 amide bonds. The lowest BCUT2D eigenvalue weighted by molar-refractivity contribution is -0.139. The number of nitrogens with zero attached hydrogens (tertiary/aromatic N) is 5. The Labute approximate surface area is 404 Å². The van der Waals surface area contributed by atoms with E-state index in [-0.39, 0.29) is 36.7 Å². The second kappa shape index (κ2) is 17.9. The van der Waals surface area contributed by atoms with E-state index in [4.69, 9.17) is 9.72 Å². The molecule has 4 aromatic carbocycles. The minimum absolute atomic E-state index is 0.0548. The molecule has 16 nitrogen and oxygen atoms in total. The van der Waals surface area contributed by atoms with Gasteiger partial charge in [-0.3, -0.25) is 19.2 Å². The number of carbonyl (C=O) groups excluding carboxylic acids is 5. The van der Waals surface area contributed by atoms with Gasteiger partial charge in [0.1, 0.15) is 18.7 Å². The number of hydrogen-bond donors (Lipinski definition) is 4. The van der Waals surface area contributed by atoms with E-state index in [0.717, 1.165) is 55.8 Å². The van der Waals surface area contributed by atoms with Gasteiger partial charge in [0.15, 0.2) is 5.65 Å². The van der Waals surface area contributed by atoms with Crippen LogP contribution in [0.1, 0.15) is 60.8 Å². The maximum absolute atomic E-state index is 14.9. The number of carbonyl (C=O) groups is 5. The quantitative estimate of drug-likeness (QED) is 0.107. The first-order valence-electron chi connectivity index (χ1n) is 23.5. The molecular weight excluding hydrogens is 913 g/mol. The van der Waals surface area contributed by atoms with Gasteiger partial charge in [0.2, 0.25) is 23.6 Å². The zero-order chi connectivity index (χ0) is 49.0. The van der Waals surface area contributed by atoms with E-state index in [1.165, 1.54) is 4.40 Å². The fraction of sp³-hybridized carbons (Fsp3) is 0.283. The molecule has 0 unspecified atom stereocenters. The third kappa shape index (κ3) is 8.74. The van der Waals surface area contributed by atoms with Crippen molar-refractivity contribution in [3.8, 4) is 22.4 Å². The summed E-state index contributed by atoms with van der Waals surface area (Å²) in [6, 6.07) is 33.0. The number of hydrogen-bond acceptors (Lipinski definition) is 9. The summed E-state index contributed by atoms with van der Waals surface area (Å²) in [6.07, 6.45) is 2.28. The molecule has 3 aliphatic heterocycles. The van der Waals surface area contributed by atoms with Crippen LogP contribution in [0.3, 0.4) is 0 Å². The van der Waals surface area contributed by atoms with Crippen molar-refractivity contribution < 1.29 is 37.5 Å². The lowest BCUT2D eigenvalue weighted by atomic mass is 9.71. The van der Waals surface area contributed by atoms with Crippen molar-refractivity contribution in [2.45, 2.75) is 81.8 Å². The third-order valence-electron chi connectivity index (χ3n) is 14.3. The Morgan fingerprint density at radius 3 is 2.27 bits per heavy atom. The van der Waals surface area contributed by atoms with E-state index in [9.17, 15) is 37.5 Å². The molecule has 4 N–H and O–H groups in total. The van der Waals surface area contributed by atoms with Gasteiger partial charge in [0, 0.05) is 60.2 Å². The summed E-state index contributed by atoms with van der Waals surface area (Å²) in [5, 5.41) is 15.8. The van der Waals surface area contributed by atoms with E-state index in [2.05, 4.69) is 26.1 Å². The number of ether oxygens (including phenoxy) is 1. The molecule has 0 radical (unpaired) electrons. The van der Waals surface area contributed by atoms with Crippen LogP contribution in [0.5, 0.6) is 0 Å². The van der Waals surface area contributed by atoms with Gasteiger partial charge in [-0.05, 0) is 77.8 Å². The van der Waals surface area contributed by atoms with Gasteiger partial charge in [-0.1, -0.05) is 91.0 Å². The summed E-state index contributed by atoms with van der Waals surface area (Å²) in [7, 11) is 0. The Hall–Kier alpha value is -8.28. The summed E-state index contributed by atoms with van der Waals surface area (Å²) in [4.78, 5) is 86.4. The van der Waals surface area contributed by atoms with Crippen LogP contribution < -0.4 is 21.6 Å². The molecule has 0 bridgehead atoms. The van der Waals surface area contributed by atoms with Gasteiger partial charge in [-0.2, -0.15) is 5.10 Å². The maximum Gasteiger partial charge on any atom is 0.408 e. The predicted molar refractivity (Wildman–Crippen MR) is 256 cm³/mol. The second-order valence-electron chi connectivity index (χ2n) is 18.9. The van der Waals surface area contributed by atoms with Gasteiger partial charge >= 0.3 is 11.8 Å². The van der Waals surface area contributed by atoms with E-state index in [0.29, 0.717) is 42.7 Å². The number of alkyl carbamates (subject to hydrolysis) is 1. The number of fused-ring (bicyclic) bond motifs is 4. The van der Waals surface area contributed by atoms with Crippen molar-refractivity contribution in [3.63, 3.8) is 0 Å². The van der Waals surface area contributed by atoms with Crippen LogP contribution >= 0.6 is 0 Å². The number of anilines is 1. The summed E-state index contributed by atoms with van der Waals surface area (Å²) in [6.45, 7) is -0.232. The highest BCUT2D eigenvalue weighted by atomic mass is 19.3. The molecule has 6 heterocycles. The van der Waals surface area contributed by atoms with E-state index in [1.54, 1.807) is 41.4 Å². The Bertz CT molecular complexity index is 3300. The fourth-order valence-corrected chi connectivity index (χ4v) is 10.3. The Kier molecular flexibility index (Phi) is 11.4. The number of H-pyrrole nitrogens is 1. The molecule has 71 heavy (non-hydrogen) atoms. The second-order valence-corrected chi connectivity index (χ2v) is 18.9. The molecule has 11 rings (SSSR count). The predicted octanol–water partition coefficient (Wildman–Crippen LogP) is 6.82. The highest BCUT2D eigenvalue weighted by Crippen LogP contribution is 2.43. The van der Waals surface area contributed by atoms with Crippen molar-refractivity contribution in [1.29, 1.82) is 0 Å². The molecule has 1 saturated carbocycles. The molecule has 2 saturated heterocycles. The Morgan fingerprint density at radius 1 is 0.845 bits per heavy atom. The minimum Gasteiger partial charge on any atom is -0.445 e. The zero-order valence-electron chi connectivity index (χ0n) is 38.2. The van der Waals surface area contributed by atoms with Crippen LogP contribution in [0.2, 0.25) is 0 Å². The number of aromatic amines is 1. The smallest absolute Gasteiger partial charge is 0.408 e. The van der Waals surface area contributed by atoms with Gasteiger partial charge in [-0.25, -0.2) is 32.9 Å². The summed E-state index contributed by atoms with van der Waals surface area (Å²) >= 11 is 0. The minimum atomic E-state index is -3.34. The average molecular weight is 960 g/mol. The third-order valence-corrected chi connectivity index (χ3v) is 14.3. The number of likely N-dealkylation sites (tertiary alicyclic amines) is 1. The van der Waals surface area contributed by atoms with Crippen LogP contribution in [0.15, 0.2) is 126 Å². The standard InChI is InChI=1S/C53H47F2N9O7/c54-53(55)26-43(64(30-53)49(68)42-23-36(47(66)58-42)24-44(65)62-27-34-9-4-5-10-35(34)28-62)48(67)56-38-17-11-31(12-18-38)29-71-51(70)59-52(20-6-21-52)37-15-13-33(14-16-37)45-39(32-7-2-1-3-8-32)25-40-41(57-45)19-22-63-46(40)60-61-50(63)69/h1-5,7-19,22,25,36,42-43H,6,20-21,23-24,26-30H2,(H,56,67)(H,58,66)(H,59,70)(H,61,69)/t36-,42-,43-/m0/s1. The monoisotopic (exact) mass is 959 g/mol. The first-order valence-corrected chi connectivity index (χ1v) is 23.5. The first-order chi connectivity index (χ1) is 34.3. The molecule has 0 spiro atoms. The zero-order valence-corrected chi connectivity index (χ0v) is 38.2. The number of rotatable bonds is 11. The first kappa shape index (κ1) is 45.2. The SMILES string of the molecule is O=C(NC1(c2ccc(-c3nc4ccn5c(=O)[nH]nc5c4cc3-c3ccccc3)cc2)CCC1)OCc1ccc(NC(=O)[C@@H]2CC(F)(F)CN2C(=O)[C@@H]2C[C@@H](CC(=O)N3Cc4ccccc4C3)C(=O)N2)cc1. The molecule has 3 atom stereocenters.